The van der Waals surface area contributed by atoms with Crippen LogP contribution in [0.25, 0.3) is 0 Å². The van der Waals surface area contributed by atoms with E-state index in [1.807, 2.05) is 11.3 Å². The normalized spacial score (nSPS) is 29.8. The first-order valence-electron chi connectivity index (χ1n) is 6.92. The van der Waals surface area contributed by atoms with Crippen LogP contribution < -0.4 is 5.73 Å². The van der Waals surface area contributed by atoms with Crippen LogP contribution in [0, 0.1) is 0 Å². The molecule has 0 saturated carbocycles. The van der Waals surface area contributed by atoms with Gasteiger partial charge in [0.25, 0.3) is 0 Å². The van der Waals surface area contributed by atoms with Crippen LogP contribution in [0.2, 0.25) is 0 Å². The molecule has 3 heterocycles. The SMILES string of the molecule is NCC1(N2CCc3sccc3C2)CCCOCC1. The summed E-state index contributed by atoms with van der Waals surface area (Å²) in [6, 6.07) is 2.28. The molecule has 100 valence electrons. The van der Waals surface area contributed by atoms with Crippen LogP contribution in [-0.4, -0.2) is 36.7 Å². The molecule has 0 radical (unpaired) electrons. The summed E-state index contributed by atoms with van der Waals surface area (Å²) in [7, 11) is 0. The zero-order chi connectivity index (χ0) is 12.4. The molecule has 4 heteroatoms. The Balaban J connectivity index is 1.80. The molecule has 1 aromatic rings. The van der Waals surface area contributed by atoms with Gasteiger partial charge in [-0.1, -0.05) is 0 Å². The van der Waals surface area contributed by atoms with E-state index in [0.29, 0.717) is 0 Å². The average molecular weight is 266 g/mol. The standard InChI is InChI=1S/C14H22N2OS/c15-11-14(4-1-7-17-8-5-14)16-6-2-13-12(10-16)3-9-18-13/h3,9H,1-2,4-8,10-11,15H2. The molecule has 1 unspecified atom stereocenters. The third kappa shape index (κ3) is 2.23. The predicted octanol–water partition coefficient (Wildman–Crippen LogP) is 2.00. The lowest BCUT2D eigenvalue weighted by Crippen LogP contribution is -2.55. The number of hydrogen-bond donors (Lipinski definition) is 1. The van der Waals surface area contributed by atoms with E-state index < -0.39 is 0 Å². The molecular formula is C14H22N2OS. The molecule has 1 aromatic heterocycles. The number of nitrogens with zero attached hydrogens (tertiary/aromatic N) is 1. The van der Waals surface area contributed by atoms with Crippen LogP contribution in [0.3, 0.4) is 0 Å². The van der Waals surface area contributed by atoms with Gasteiger partial charge in [0.1, 0.15) is 0 Å². The molecule has 3 rings (SSSR count). The van der Waals surface area contributed by atoms with Crippen molar-refractivity contribution in [2.75, 3.05) is 26.3 Å². The second-order valence-electron chi connectivity index (χ2n) is 5.43. The number of ether oxygens (including phenoxy) is 1. The molecule has 2 aliphatic rings. The lowest BCUT2D eigenvalue weighted by Gasteiger charge is -2.44. The number of nitrogens with two attached hydrogens (primary N) is 1. The van der Waals surface area contributed by atoms with Crippen molar-refractivity contribution in [3.63, 3.8) is 0 Å². The minimum Gasteiger partial charge on any atom is -0.381 e. The number of rotatable bonds is 2. The molecule has 2 N–H and O–H groups in total. The molecule has 0 bridgehead atoms. The van der Waals surface area contributed by atoms with Crippen molar-refractivity contribution < 1.29 is 4.74 Å². The van der Waals surface area contributed by atoms with Crippen LogP contribution >= 0.6 is 11.3 Å². The van der Waals surface area contributed by atoms with Crippen molar-refractivity contribution in [1.29, 1.82) is 0 Å². The van der Waals surface area contributed by atoms with E-state index in [0.717, 1.165) is 45.7 Å². The van der Waals surface area contributed by atoms with E-state index in [2.05, 4.69) is 16.3 Å². The summed E-state index contributed by atoms with van der Waals surface area (Å²) in [5, 5.41) is 2.22. The van der Waals surface area contributed by atoms with Crippen molar-refractivity contribution in [2.24, 2.45) is 5.73 Å². The smallest absolute Gasteiger partial charge is 0.0484 e. The topological polar surface area (TPSA) is 38.5 Å². The third-order valence-electron chi connectivity index (χ3n) is 4.50. The van der Waals surface area contributed by atoms with E-state index in [1.54, 1.807) is 4.88 Å². The van der Waals surface area contributed by atoms with Gasteiger partial charge in [-0.3, -0.25) is 4.90 Å². The summed E-state index contributed by atoms with van der Waals surface area (Å²) in [5.74, 6) is 0. The highest BCUT2D eigenvalue weighted by molar-refractivity contribution is 7.10. The van der Waals surface area contributed by atoms with Crippen molar-refractivity contribution >= 4 is 11.3 Å². The van der Waals surface area contributed by atoms with Crippen molar-refractivity contribution in [1.82, 2.24) is 4.90 Å². The van der Waals surface area contributed by atoms with E-state index in [1.165, 1.54) is 18.4 Å². The minimum atomic E-state index is 0.177. The number of hydrogen-bond acceptors (Lipinski definition) is 4. The molecule has 1 saturated heterocycles. The summed E-state index contributed by atoms with van der Waals surface area (Å²) in [6.07, 6.45) is 4.60. The highest BCUT2D eigenvalue weighted by atomic mass is 32.1. The van der Waals surface area contributed by atoms with Crippen LogP contribution in [0.5, 0.6) is 0 Å². The largest absolute Gasteiger partial charge is 0.381 e. The molecule has 1 atom stereocenters. The summed E-state index contributed by atoms with van der Waals surface area (Å²) in [6.45, 7) is 4.76. The second kappa shape index (κ2) is 5.29. The quantitative estimate of drug-likeness (QED) is 0.890. The predicted molar refractivity (Wildman–Crippen MR) is 74.9 cm³/mol. The first-order valence-corrected chi connectivity index (χ1v) is 7.80. The summed E-state index contributed by atoms with van der Waals surface area (Å²) < 4.78 is 5.62. The van der Waals surface area contributed by atoms with E-state index in [9.17, 15) is 0 Å². The highest BCUT2D eigenvalue weighted by Gasteiger charge is 2.37. The Labute approximate surface area is 113 Å². The van der Waals surface area contributed by atoms with Gasteiger partial charge in [0.05, 0.1) is 0 Å². The zero-order valence-electron chi connectivity index (χ0n) is 10.9. The third-order valence-corrected chi connectivity index (χ3v) is 5.52. The van der Waals surface area contributed by atoms with Gasteiger partial charge in [0.15, 0.2) is 0 Å². The van der Waals surface area contributed by atoms with Gasteiger partial charge >= 0.3 is 0 Å². The van der Waals surface area contributed by atoms with Gasteiger partial charge < -0.3 is 10.5 Å². The lowest BCUT2D eigenvalue weighted by molar-refractivity contribution is 0.0560. The highest BCUT2D eigenvalue weighted by Crippen LogP contribution is 2.33. The molecule has 2 aliphatic heterocycles. The van der Waals surface area contributed by atoms with Crippen LogP contribution in [0.15, 0.2) is 11.4 Å². The molecule has 1 fully saturated rings. The van der Waals surface area contributed by atoms with Crippen LogP contribution in [-0.2, 0) is 17.7 Å². The van der Waals surface area contributed by atoms with Crippen LogP contribution in [0.1, 0.15) is 29.7 Å². The fourth-order valence-corrected chi connectivity index (χ4v) is 4.18. The molecule has 0 amide bonds. The fourth-order valence-electron chi connectivity index (χ4n) is 3.30. The van der Waals surface area contributed by atoms with Gasteiger partial charge in [-0.05, 0) is 42.7 Å². The van der Waals surface area contributed by atoms with Gasteiger partial charge in [0, 0.05) is 43.3 Å². The fraction of sp³-hybridized carbons (Fsp3) is 0.714. The molecule has 0 spiro atoms. The van der Waals surface area contributed by atoms with E-state index in [-0.39, 0.29) is 5.54 Å². The maximum atomic E-state index is 6.14. The first-order chi connectivity index (χ1) is 8.84. The monoisotopic (exact) mass is 266 g/mol. The molecule has 0 aromatic carbocycles. The van der Waals surface area contributed by atoms with Crippen molar-refractivity contribution in [3.8, 4) is 0 Å². The Hall–Kier alpha value is -0.420. The molecule has 0 aliphatic carbocycles. The Morgan fingerprint density at radius 3 is 3.22 bits per heavy atom. The zero-order valence-corrected chi connectivity index (χ0v) is 11.7. The second-order valence-corrected chi connectivity index (χ2v) is 6.44. The Bertz CT molecular complexity index is 396. The van der Waals surface area contributed by atoms with Crippen LogP contribution in [0.4, 0.5) is 0 Å². The number of fused-ring (bicyclic) bond motifs is 1. The lowest BCUT2D eigenvalue weighted by atomic mass is 9.86. The summed E-state index contributed by atoms with van der Waals surface area (Å²) in [4.78, 5) is 4.19. The van der Waals surface area contributed by atoms with Gasteiger partial charge in [-0.25, -0.2) is 0 Å². The molecule has 18 heavy (non-hydrogen) atoms. The Kier molecular flexibility index (Phi) is 3.71. The van der Waals surface area contributed by atoms with Crippen molar-refractivity contribution in [3.05, 3.63) is 21.9 Å². The summed E-state index contributed by atoms with van der Waals surface area (Å²) >= 11 is 1.90. The van der Waals surface area contributed by atoms with E-state index in [4.69, 9.17) is 10.5 Å². The van der Waals surface area contributed by atoms with E-state index >= 15 is 0 Å². The molecular weight excluding hydrogens is 244 g/mol. The number of thiophene rings is 1. The maximum absolute atomic E-state index is 6.14. The molecule has 3 nitrogen and oxygen atoms in total. The van der Waals surface area contributed by atoms with Gasteiger partial charge in [-0.2, -0.15) is 0 Å². The minimum absolute atomic E-state index is 0.177. The average Bonchev–Trinajstić information content (AvgIpc) is 2.74. The Morgan fingerprint density at radius 2 is 2.33 bits per heavy atom. The van der Waals surface area contributed by atoms with Crippen molar-refractivity contribution in [2.45, 2.75) is 37.8 Å². The van der Waals surface area contributed by atoms with Gasteiger partial charge in [-0.15, -0.1) is 11.3 Å². The maximum Gasteiger partial charge on any atom is 0.0484 e. The summed E-state index contributed by atoms with van der Waals surface area (Å²) in [5.41, 5.74) is 7.83. The van der Waals surface area contributed by atoms with Gasteiger partial charge in [0.2, 0.25) is 0 Å². The Morgan fingerprint density at radius 1 is 1.39 bits per heavy atom. The first kappa shape index (κ1) is 12.6.